The third kappa shape index (κ3) is 26.5. The van der Waals surface area contributed by atoms with E-state index >= 15 is 28.8 Å². The molecular formula is C90H127N19O18S. The highest BCUT2D eigenvalue weighted by molar-refractivity contribution is 8.00. The Morgan fingerprint density at radius 1 is 0.523 bits per heavy atom. The molecule has 128 heavy (non-hydrogen) atoms. The summed E-state index contributed by atoms with van der Waals surface area (Å²) in [6, 6.07) is 3.68. The number of hydrogen-bond donors (Lipinski definition) is 15. The smallest absolute Gasteiger partial charge is 0.246 e. The van der Waals surface area contributed by atoms with Crippen molar-refractivity contribution in [3.8, 4) is 5.75 Å². The van der Waals surface area contributed by atoms with Crippen LogP contribution in [0.4, 0.5) is 0 Å². The topological polar surface area (TPSA) is 531 Å². The predicted molar refractivity (Wildman–Crippen MR) is 478 cm³/mol. The first-order valence-corrected chi connectivity index (χ1v) is 45.5. The second kappa shape index (κ2) is 46.6. The number of nitrogens with two attached hydrogens (primary N) is 2. The molecule has 9 rings (SSSR count). The number of aromatic amines is 2. The molecular weight excluding hydrogens is 1670 g/mol. The lowest BCUT2D eigenvalue weighted by Crippen LogP contribution is -2.64. The van der Waals surface area contributed by atoms with Crippen LogP contribution in [0.3, 0.4) is 0 Å². The normalized spacial score (nSPS) is 24.8. The fourth-order valence-electron chi connectivity index (χ4n) is 17.1. The maximum atomic E-state index is 15.6. The lowest BCUT2D eigenvalue weighted by molar-refractivity contribution is -0.149. The summed E-state index contributed by atoms with van der Waals surface area (Å²) in [5.74, 6) is -15.3. The van der Waals surface area contributed by atoms with Crippen molar-refractivity contribution in [2.75, 3.05) is 58.8 Å². The number of carbonyl (C=O) groups is 17. The first-order chi connectivity index (χ1) is 60.9. The third-order valence-electron chi connectivity index (χ3n) is 24.3. The number of thioether (sulfide) groups is 1. The van der Waals surface area contributed by atoms with Gasteiger partial charge in [0.25, 0.3) is 0 Å². The van der Waals surface area contributed by atoms with Gasteiger partial charge in [0.05, 0.1) is 25.3 Å². The summed E-state index contributed by atoms with van der Waals surface area (Å²) >= 11 is 0.820. The average molecular weight is 1800 g/mol. The van der Waals surface area contributed by atoms with Crippen LogP contribution in [-0.2, 0) is 101 Å². The molecule has 4 fully saturated rings. The van der Waals surface area contributed by atoms with Gasteiger partial charge in [0.1, 0.15) is 83.8 Å². The van der Waals surface area contributed by atoms with Crippen LogP contribution in [0.15, 0.2) is 85.2 Å². The first kappa shape index (κ1) is 99.7. The van der Waals surface area contributed by atoms with Gasteiger partial charge in [0.2, 0.25) is 100 Å². The fourth-order valence-corrected chi connectivity index (χ4v) is 18.0. The number of phenols is 1. The summed E-state index contributed by atoms with van der Waals surface area (Å²) in [5, 5.41) is 39.1. The SMILES string of the molecule is CCCC[C@H]1C(=O)N(C)[C@@H](CCCC)C(=O)N[C@@H](CC(C)C)C(=O)N[C@H](C(=O)NCC(N)=O)CSCC(=O)N[C@@H](Cc2ccc(O)cc2)C(=O)N(C)[C@@H](C)C(=O)N[C@@H](CC(N)=O)C(=O)N2CCC[C@H]2C(=O)NC2(CCCC2)C(=O)N[C@@H](CC(C)C)C(=O)N2CCC[C@H]2C(=O)N[C@@H](Cc2c[nH]c3ccccc23)C(=O)NCC(=O)N[C@@H](Cc2c[nH]c3ccccc23)C(=O)N1C. The van der Waals surface area contributed by atoms with Crippen molar-refractivity contribution < 1.29 is 86.6 Å². The van der Waals surface area contributed by atoms with Crippen molar-refractivity contribution >= 4 is 134 Å². The van der Waals surface area contributed by atoms with E-state index in [1.807, 2.05) is 64.1 Å². The first-order valence-electron chi connectivity index (χ1n) is 44.3. The Morgan fingerprint density at radius 2 is 1.04 bits per heavy atom. The lowest BCUT2D eigenvalue weighted by atomic mass is 9.93. The molecule has 3 aromatic carbocycles. The molecule has 12 atom stereocenters. The Labute approximate surface area is 749 Å². The summed E-state index contributed by atoms with van der Waals surface area (Å²) in [4.78, 5) is 261. The van der Waals surface area contributed by atoms with E-state index < -0.39 is 204 Å². The highest BCUT2D eigenvalue weighted by Gasteiger charge is 2.49. The zero-order valence-electron chi connectivity index (χ0n) is 74.7. The number of rotatable bonds is 21. The van der Waals surface area contributed by atoms with Crippen molar-refractivity contribution in [2.24, 2.45) is 23.3 Å². The number of aromatic hydroxyl groups is 1. The minimum atomic E-state index is -1.70. The highest BCUT2D eigenvalue weighted by atomic mass is 32.2. The number of phenolic OH excluding ortho intramolecular Hbond substituents is 1. The number of unbranched alkanes of at least 4 members (excludes halogenated alkanes) is 2. The molecule has 1 aliphatic carbocycles. The summed E-state index contributed by atoms with van der Waals surface area (Å²) in [6.45, 7) is 11.0. The summed E-state index contributed by atoms with van der Waals surface area (Å²) in [5.41, 5.74) is 12.6. The van der Waals surface area contributed by atoms with Gasteiger partial charge < -0.3 is 104 Å². The van der Waals surface area contributed by atoms with Crippen LogP contribution < -0.4 is 64.6 Å². The molecule has 5 heterocycles. The van der Waals surface area contributed by atoms with Gasteiger partial charge in [-0.2, -0.15) is 0 Å². The summed E-state index contributed by atoms with van der Waals surface area (Å²) in [7, 11) is 4.09. The maximum absolute atomic E-state index is 15.6. The largest absolute Gasteiger partial charge is 0.508 e. The standard InChI is InChI=1S/C90H127N19O18S/c1-11-13-27-69-81(119)99-62(39-51(3)4)80(118)102-68(79(117)95-47-74(92)112)49-128-50-76(114)98-65(41-54-31-33-57(110)34-32-54)84(122)105(8)53(7)77(115)101-67(44-73(91)111)87(125)109-38-22-30-71(109)83(121)104-90(35-19-20-36-90)89(127)103-64(40-52(5)6)86(124)108-37-21-29-70(108)82(120)100-63(42-55-45-93-60-25-17-15-23-58(55)60)78(116)96-48-75(113)97-66(43-56-46-94-61-26-18-16-24-59(56)61)85(123)107(10)72(28-14-12-2)88(126)106(69)9/h15-18,23-26,31-34,45-46,51-53,62-72,93-94,110H,11-14,19-22,27-30,35-44,47-50H2,1-10H3,(H2,91,111)(H2,92,112)(H,95,117)(H,96,116)(H,97,113)(H,98,114)(H,99,119)(H,100,120)(H,101,115)(H,102,118)(H,103,127)(H,104,121)/t53-,62-,63-,64-,65-,66-,67-,68-,69-,70-,71-,72-/m0/s1. The molecule has 37 nitrogen and oxygen atoms in total. The molecule has 0 bridgehead atoms. The van der Waals surface area contributed by atoms with Gasteiger partial charge in [-0.1, -0.05) is 129 Å². The number of carbonyl (C=O) groups excluding carboxylic acids is 17. The minimum Gasteiger partial charge on any atom is -0.508 e. The maximum Gasteiger partial charge on any atom is 0.246 e. The second-order valence-corrected chi connectivity index (χ2v) is 35.9. The number of amides is 17. The predicted octanol–water partition coefficient (Wildman–Crippen LogP) is 1.50. The Kier molecular flexibility index (Phi) is 36.2. The van der Waals surface area contributed by atoms with Gasteiger partial charge in [-0.15, -0.1) is 11.8 Å². The van der Waals surface area contributed by atoms with E-state index in [2.05, 4.69) is 63.1 Å². The van der Waals surface area contributed by atoms with Crippen LogP contribution >= 0.6 is 11.8 Å². The molecule has 38 heteroatoms. The number of nitrogens with one attached hydrogen (secondary N) is 12. The van der Waals surface area contributed by atoms with E-state index in [1.165, 1.54) is 71.9 Å². The van der Waals surface area contributed by atoms with Crippen molar-refractivity contribution in [2.45, 2.75) is 255 Å². The zero-order chi connectivity index (χ0) is 93.4. The molecule has 3 saturated heterocycles. The number of benzene rings is 3. The molecule has 17 N–H and O–H groups in total. The number of fused-ring (bicyclic) bond motifs is 4. The molecule has 1 saturated carbocycles. The third-order valence-corrected chi connectivity index (χ3v) is 25.3. The number of aromatic nitrogens is 2. The van der Waals surface area contributed by atoms with E-state index in [1.54, 1.807) is 38.4 Å². The summed E-state index contributed by atoms with van der Waals surface area (Å²) < 4.78 is 0. The monoisotopic (exact) mass is 1790 g/mol. The van der Waals surface area contributed by atoms with Crippen LogP contribution in [0.25, 0.3) is 21.8 Å². The van der Waals surface area contributed by atoms with Crippen molar-refractivity contribution in [1.29, 1.82) is 0 Å². The highest BCUT2D eigenvalue weighted by Crippen LogP contribution is 2.33. The van der Waals surface area contributed by atoms with Crippen LogP contribution in [0.2, 0.25) is 0 Å². The number of nitrogens with zero attached hydrogens (tertiary/aromatic N) is 5. The number of primary amides is 2. The van der Waals surface area contributed by atoms with E-state index in [9.17, 15) is 57.8 Å². The number of likely N-dealkylation sites (N-methyl/N-ethyl adjacent to an activating group) is 3. The van der Waals surface area contributed by atoms with Crippen LogP contribution in [0.1, 0.15) is 174 Å². The average Bonchev–Trinajstić information content (AvgIpc) is 1.59. The molecule has 0 radical (unpaired) electrons. The second-order valence-electron chi connectivity index (χ2n) is 34.9. The van der Waals surface area contributed by atoms with Gasteiger partial charge in [0, 0.05) is 93.4 Å². The Balaban J connectivity index is 1.06. The number of hydrogen-bond acceptors (Lipinski definition) is 19. The Bertz CT molecular complexity index is 4840. The molecule has 3 aliphatic heterocycles. The summed E-state index contributed by atoms with van der Waals surface area (Å²) in [6.07, 6.45) is 6.30. The van der Waals surface area contributed by atoms with Gasteiger partial charge >= 0.3 is 0 Å². The zero-order valence-corrected chi connectivity index (χ0v) is 75.6. The molecule has 0 unspecified atom stereocenters. The molecule has 5 aromatic rings. The van der Waals surface area contributed by atoms with E-state index in [0.717, 1.165) is 38.5 Å². The van der Waals surface area contributed by atoms with Crippen molar-refractivity contribution in [3.63, 3.8) is 0 Å². The van der Waals surface area contributed by atoms with Gasteiger partial charge in [-0.3, -0.25) is 81.5 Å². The van der Waals surface area contributed by atoms with Gasteiger partial charge in [-0.25, -0.2) is 0 Å². The van der Waals surface area contributed by atoms with Crippen LogP contribution in [0.5, 0.6) is 5.75 Å². The number of para-hydroxylation sites is 2. The van der Waals surface area contributed by atoms with Crippen molar-refractivity contribution in [3.05, 3.63) is 102 Å². The van der Waals surface area contributed by atoms with Crippen molar-refractivity contribution in [1.82, 2.24) is 87.6 Å². The van der Waals surface area contributed by atoms with Gasteiger partial charge in [0.15, 0.2) is 0 Å². The molecule has 1 spiro atoms. The van der Waals surface area contributed by atoms with E-state index in [-0.39, 0.29) is 113 Å². The Hall–Kier alpha value is -12.1. The quantitative estimate of drug-likeness (QED) is 0.0495. The lowest BCUT2D eigenvalue weighted by Gasteiger charge is -2.36. The van der Waals surface area contributed by atoms with Gasteiger partial charge in [-0.05, 0) is 124 Å². The number of H-pyrrole nitrogens is 2. The fraction of sp³-hybridized carbons (Fsp3) is 0.567. The molecule has 17 amide bonds. The molecule has 4 aliphatic rings. The minimum absolute atomic E-state index is 0.0197. The molecule has 2 aromatic heterocycles. The van der Waals surface area contributed by atoms with E-state index in [0.29, 0.717) is 61.6 Å². The Morgan fingerprint density at radius 3 is 1.62 bits per heavy atom. The van der Waals surface area contributed by atoms with Crippen LogP contribution in [0, 0.1) is 11.8 Å². The molecule has 696 valence electrons. The van der Waals surface area contributed by atoms with Crippen LogP contribution in [-0.4, -0.2) is 277 Å². The van der Waals surface area contributed by atoms with E-state index in [4.69, 9.17) is 11.5 Å².